The average molecular weight is 183 g/mol. The smallest absolute Gasteiger partial charge is 0.222 e. The Morgan fingerprint density at radius 1 is 1.23 bits per heavy atom. The van der Waals surface area contributed by atoms with Gasteiger partial charge in [-0.15, -0.1) is 0 Å². The number of hydrogen-bond donors (Lipinski definition) is 1. The van der Waals surface area contributed by atoms with Crippen molar-refractivity contribution in [2.24, 2.45) is 0 Å². The van der Waals surface area contributed by atoms with Crippen LogP contribution in [0.1, 0.15) is 18.0 Å². The van der Waals surface area contributed by atoms with Crippen LogP contribution in [0.15, 0.2) is 18.2 Å². The van der Waals surface area contributed by atoms with Crippen molar-refractivity contribution >= 4 is 5.91 Å². The Hall–Kier alpha value is -1.45. The topological polar surface area (TPSA) is 29.1 Å². The minimum atomic E-state index is -0.615. The maximum absolute atomic E-state index is 12.7. The largest absolute Gasteiger partial charge is 0.349 e. The fraction of sp³-hybridized carbons (Fsp3) is 0.222. The summed E-state index contributed by atoms with van der Waals surface area (Å²) in [6.45, 7) is 0. The summed E-state index contributed by atoms with van der Waals surface area (Å²) in [5.74, 6) is -1.32. The standard InChI is InChI=1S/C9H7F2NO/c10-6-1-5(2-7(11)3-6)8-4-9(13)12-8/h1-3,8H,4H2,(H,12,13). The molecule has 1 atom stereocenters. The highest BCUT2D eigenvalue weighted by Gasteiger charge is 2.27. The molecule has 4 heteroatoms. The van der Waals surface area contributed by atoms with Crippen molar-refractivity contribution in [2.45, 2.75) is 12.5 Å². The van der Waals surface area contributed by atoms with Crippen molar-refractivity contribution in [3.05, 3.63) is 35.4 Å². The third kappa shape index (κ3) is 1.52. The normalized spacial score (nSPS) is 20.8. The van der Waals surface area contributed by atoms with Gasteiger partial charge >= 0.3 is 0 Å². The second kappa shape index (κ2) is 2.80. The van der Waals surface area contributed by atoms with Crippen LogP contribution in [0.3, 0.4) is 0 Å². The molecule has 1 N–H and O–H groups in total. The average Bonchev–Trinajstić information content (AvgIpc) is 1.96. The van der Waals surface area contributed by atoms with Crippen LogP contribution in [-0.2, 0) is 4.79 Å². The van der Waals surface area contributed by atoms with Crippen molar-refractivity contribution in [2.75, 3.05) is 0 Å². The number of rotatable bonds is 1. The Labute approximate surface area is 73.6 Å². The van der Waals surface area contributed by atoms with E-state index >= 15 is 0 Å². The van der Waals surface area contributed by atoms with Crippen molar-refractivity contribution in [3.8, 4) is 0 Å². The van der Waals surface area contributed by atoms with Gasteiger partial charge in [0.1, 0.15) is 11.6 Å². The third-order valence-corrected chi connectivity index (χ3v) is 2.01. The molecule has 0 bridgehead atoms. The molecule has 0 spiro atoms. The van der Waals surface area contributed by atoms with Crippen molar-refractivity contribution < 1.29 is 13.6 Å². The molecular formula is C9H7F2NO. The van der Waals surface area contributed by atoms with Gasteiger partial charge in [-0.05, 0) is 17.7 Å². The van der Waals surface area contributed by atoms with Gasteiger partial charge in [-0.25, -0.2) is 8.78 Å². The Balaban J connectivity index is 2.25. The van der Waals surface area contributed by atoms with Gasteiger partial charge in [0.15, 0.2) is 0 Å². The number of halogens is 2. The Kier molecular flexibility index (Phi) is 1.76. The molecule has 0 saturated carbocycles. The maximum Gasteiger partial charge on any atom is 0.222 e. The predicted molar refractivity (Wildman–Crippen MR) is 41.9 cm³/mol. The summed E-state index contributed by atoms with van der Waals surface area (Å²) in [6.07, 6.45) is 0.308. The van der Waals surface area contributed by atoms with E-state index in [1.165, 1.54) is 12.1 Å². The van der Waals surface area contributed by atoms with Gasteiger partial charge in [0.2, 0.25) is 5.91 Å². The third-order valence-electron chi connectivity index (χ3n) is 2.01. The summed E-state index contributed by atoms with van der Waals surface area (Å²) in [5, 5.41) is 2.54. The van der Waals surface area contributed by atoms with Crippen LogP contribution in [0.2, 0.25) is 0 Å². The highest BCUT2D eigenvalue weighted by molar-refractivity contribution is 5.83. The van der Waals surface area contributed by atoms with Gasteiger partial charge in [-0.2, -0.15) is 0 Å². The molecule has 1 heterocycles. The van der Waals surface area contributed by atoms with Crippen molar-refractivity contribution in [1.82, 2.24) is 5.32 Å². The SMILES string of the molecule is O=C1CC(c2cc(F)cc(F)c2)N1. The molecule has 1 amide bonds. The van der Waals surface area contributed by atoms with Crippen molar-refractivity contribution in [3.63, 3.8) is 0 Å². The number of carbonyl (C=O) groups excluding carboxylic acids is 1. The number of carbonyl (C=O) groups is 1. The summed E-state index contributed by atoms with van der Waals surface area (Å²) in [4.78, 5) is 10.6. The van der Waals surface area contributed by atoms with Crippen LogP contribution in [-0.4, -0.2) is 5.91 Å². The maximum atomic E-state index is 12.7. The van der Waals surface area contributed by atoms with E-state index in [0.717, 1.165) is 6.07 Å². The van der Waals surface area contributed by atoms with Gasteiger partial charge in [0.25, 0.3) is 0 Å². The zero-order chi connectivity index (χ0) is 9.42. The zero-order valence-corrected chi connectivity index (χ0v) is 6.68. The molecule has 1 aliphatic rings. The molecule has 1 unspecified atom stereocenters. The summed E-state index contributed by atoms with van der Waals surface area (Å²) >= 11 is 0. The molecule has 2 rings (SSSR count). The highest BCUT2D eigenvalue weighted by atomic mass is 19.1. The molecule has 68 valence electrons. The molecule has 1 aromatic rings. The van der Waals surface area contributed by atoms with E-state index in [4.69, 9.17) is 0 Å². The lowest BCUT2D eigenvalue weighted by atomic mass is 9.97. The van der Waals surface area contributed by atoms with Crippen LogP contribution in [0.5, 0.6) is 0 Å². The van der Waals surface area contributed by atoms with E-state index in [1.807, 2.05) is 0 Å². The Morgan fingerprint density at radius 2 is 1.77 bits per heavy atom. The van der Waals surface area contributed by atoms with Crippen LogP contribution < -0.4 is 5.32 Å². The monoisotopic (exact) mass is 183 g/mol. The second-order valence-corrected chi connectivity index (χ2v) is 3.03. The van der Waals surface area contributed by atoms with Gasteiger partial charge in [-0.3, -0.25) is 4.79 Å². The second-order valence-electron chi connectivity index (χ2n) is 3.03. The highest BCUT2D eigenvalue weighted by Crippen LogP contribution is 2.24. The first-order valence-electron chi connectivity index (χ1n) is 3.90. The summed E-state index contributed by atoms with van der Waals surface area (Å²) < 4.78 is 25.4. The Bertz CT molecular complexity index is 336. The van der Waals surface area contributed by atoms with Gasteiger partial charge < -0.3 is 5.32 Å². The first-order valence-corrected chi connectivity index (χ1v) is 3.90. The van der Waals surface area contributed by atoms with E-state index in [1.54, 1.807) is 0 Å². The van der Waals surface area contributed by atoms with E-state index in [0.29, 0.717) is 12.0 Å². The quantitative estimate of drug-likeness (QED) is 0.657. The molecule has 13 heavy (non-hydrogen) atoms. The van der Waals surface area contributed by atoms with E-state index in [9.17, 15) is 13.6 Å². The van der Waals surface area contributed by atoms with Crippen LogP contribution in [0.25, 0.3) is 0 Å². The molecule has 1 fully saturated rings. The lowest BCUT2D eigenvalue weighted by Gasteiger charge is -2.27. The minimum absolute atomic E-state index is 0.0883. The molecule has 1 aliphatic heterocycles. The number of nitrogens with one attached hydrogen (secondary N) is 1. The first-order chi connectivity index (χ1) is 6.15. The number of β-lactam (4-membered cyclic amide) rings is 1. The van der Waals surface area contributed by atoms with Crippen LogP contribution in [0, 0.1) is 11.6 Å². The summed E-state index contributed by atoms with van der Waals surface area (Å²) in [7, 11) is 0. The molecule has 2 nitrogen and oxygen atoms in total. The summed E-state index contributed by atoms with van der Waals surface area (Å²) in [5.41, 5.74) is 0.483. The van der Waals surface area contributed by atoms with Gasteiger partial charge in [-0.1, -0.05) is 0 Å². The molecule has 0 aromatic heterocycles. The number of amides is 1. The molecule has 1 aromatic carbocycles. The van der Waals surface area contributed by atoms with E-state index in [2.05, 4.69) is 5.32 Å². The molecular weight excluding hydrogens is 176 g/mol. The lowest BCUT2D eigenvalue weighted by molar-refractivity contribution is -0.128. The molecule has 0 aliphatic carbocycles. The fourth-order valence-electron chi connectivity index (χ4n) is 1.34. The van der Waals surface area contributed by atoms with Crippen LogP contribution in [0.4, 0.5) is 8.78 Å². The zero-order valence-electron chi connectivity index (χ0n) is 6.68. The van der Waals surface area contributed by atoms with E-state index < -0.39 is 11.6 Å². The van der Waals surface area contributed by atoms with E-state index in [-0.39, 0.29) is 11.9 Å². The minimum Gasteiger partial charge on any atom is -0.349 e. The fourth-order valence-corrected chi connectivity index (χ4v) is 1.34. The number of hydrogen-bond acceptors (Lipinski definition) is 1. The van der Waals surface area contributed by atoms with Crippen LogP contribution >= 0.6 is 0 Å². The first kappa shape index (κ1) is 8.16. The molecule has 1 saturated heterocycles. The van der Waals surface area contributed by atoms with Gasteiger partial charge in [0, 0.05) is 6.07 Å². The Morgan fingerprint density at radius 3 is 2.23 bits per heavy atom. The predicted octanol–water partition coefficient (Wildman–Crippen LogP) is 1.53. The van der Waals surface area contributed by atoms with Crippen molar-refractivity contribution in [1.29, 1.82) is 0 Å². The number of benzene rings is 1. The molecule has 0 radical (unpaired) electrons. The lowest BCUT2D eigenvalue weighted by Crippen LogP contribution is -2.41. The van der Waals surface area contributed by atoms with Gasteiger partial charge in [0.05, 0.1) is 12.5 Å². The summed E-state index contributed by atoms with van der Waals surface area (Å²) in [6, 6.07) is 3.04.